The molecule has 6 aromatic rings. The zero-order chi connectivity index (χ0) is 44.8. The number of methoxy groups -OCH3 is 3. The van der Waals surface area contributed by atoms with E-state index in [9.17, 15) is 5.26 Å². The van der Waals surface area contributed by atoms with E-state index in [1.807, 2.05) is 78.9 Å². The Hall–Kier alpha value is -4.98. The third-order valence-corrected chi connectivity index (χ3v) is 13.4. The minimum atomic E-state index is -1.46. The Balaban J connectivity index is 1.31. The van der Waals surface area contributed by atoms with Gasteiger partial charge in [-0.15, -0.1) is 0 Å². The molecule has 0 radical (unpaired) electrons. The molecule has 332 valence electrons. The van der Waals surface area contributed by atoms with Crippen LogP contribution in [0.5, 0.6) is 17.2 Å². The van der Waals surface area contributed by atoms with E-state index in [2.05, 4.69) is 80.1 Å². The summed E-state index contributed by atoms with van der Waals surface area (Å²) in [6.45, 7) is 10.4. The molecule has 0 spiro atoms. The van der Waals surface area contributed by atoms with Gasteiger partial charge in [0.25, 0.3) is 8.53 Å². The number of anilines is 1. The van der Waals surface area contributed by atoms with Gasteiger partial charge in [0.15, 0.2) is 0 Å². The largest absolute Gasteiger partial charge is 0.497 e. The second-order valence-electron chi connectivity index (χ2n) is 16.0. The van der Waals surface area contributed by atoms with Crippen LogP contribution in [-0.2, 0) is 19.4 Å². The van der Waals surface area contributed by atoms with Gasteiger partial charge in [0.1, 0.15) is 22.8 Å². The number of hydrogen-bond donors (Lipinski definition) is 1. The van der Waals surface area contributed by atoms with Crippen LogP contribution >= 0.6 is 20.1 Å². The second-order valence-corrected chi connectivity index (χ2v) is 17.9. The molecule has 1 N–H and O–H groups in total. The average molecular weight is 891 g/mol. The minimum Gasteiger partial charge on any atom is -0.497 e. The number of rotatable bonds is 24. The van der Waals surface area contributed by atoms with Crippen LogP contribution in [0, 0.1) is 17.2 Å². The molecule has 0 aliphatic heterocycles. The first-order valence-electron chi connectivity index (χ1n) is 21.6. The lowest BCUT2D eigenvalue weighted by Crippen LogP contribution is -2.36. The van der Waals surface area contributed by atoms with Crippen molar-refractivity contribution < 1.29 is 28.0 Å². The number of nitrogens with zero attached hydrogens (tertiary/aromatic N) is 3. The van der Waals surface area contributed by atoms with Gasteiger partial charge in [-0.2, -0.15) is 5.26 Å². The highest BCUT2D eigenvalue weighted by Crippen LogP contribution is 2.47. The molecular formula is C51H60ClN4O6P. The monoisotopic (exact) mass is 890 g/mol. The van der Waals surface area contributed by atoms with Gasteiger partial charge in [-0.25, -0.2) is 9.65 Å². The minimum absolute atomic E-state index is 0.0238. The summed E-state index contributed by atoms with van der Waals surface area (Å²) < 4.78 is 39.7. The molecule has 12 heteroatoms. The Morgan fingerprint density at radius 3 is 1.92 bits per heavy atom. The summed E-state index contributed by atoms with van der Waals surface area (Å²) in [6.07, 6.45) is 2.90. The van der Waals surface area contributed by atoms with E-state index in [1.165, 1.54) is 0 Å². The molecular weight excluding hydrogens is 831 g/mol. The molecule has 2 unspecified atom stereocenters. The fraction of sp³-hybridized carbons (Fsp3) is 0.373. The Morgan fingerprint density at radius 2 is 1.32 bits per heavy atom. The number of halogens is 1. The van der Waals surface area contributed by atoms with Gasteiger partial charge in [0.05, 0.1) is 70.4 Å². The molecule has 0 bridgehead atoms. The molecule has 0 saturated heterocycles. The summed E-state index contributed by atoms with van der Waals surface area (Å²) in [5.74, 6) is 2.26. The molecule has 0 aliphatic carbocycles. The van der Waals surface area contributed by atoms with Crippen LogP contribution in [0.1, 0.15) is 70.1 Å². The van der Waals surface area contributed by atoms with Crippen molar-refractivity contribution in [3.8, 4) is 23.3 Å². The zero-order valence-electron chi connectivity index (χ0n) is 37.5. The van der Waals surface area contributed by atoms with Crippen LogP contribution in [0.25, 0.3) is 21.8 Å². The number of unbranched alkanes of at least 4 members (excludes halogenated alkanes) is 1. The van der Waals surface area contributed by atoms with E-state index in [0.717, 1.165) is 87.2 Å². The maximum Gasteiger partial charge on any atom is 0.259 e. The molecule has 0 saturated carbocycles. The number of benzene rings is 5. The van der Waals surface area contributed by atoms with Crippen molar-refractivity contribution in [2.45, 2.75) is 71.1 Å². The summed E-state index contributed by atoms with van der Waals surface area (Å²) in [5.41, 5.74) is 4.64. The summed E-state index contributed by atoms with van der Waals surface area (Å²) in [6, 6.07) is 40.9. The smallest absolute Gasteiger partial charge is 0.259 e. The number of aromatic nitrogens is 1. The number of nitriles is 1. The van der Waals surface area contributed by atoms with E-state index in [-0.39, 0.29) is 24.4 Å². The predicted octanol–water partition coefficient (Wildman–Crippen LogP) is 12.6. The fourth-order valence-corrected chi connectivity index (χ4v) is 9.85. The van der Waals surface area contributed by atoms with Crippen molar-refractivity contribution in [2.75, 3.05) is 53.0 Å². The molecule has 6 rings (SSSR count). The predicted molar refractivity (Wildman–Crippen MR) is 256 cm³/mol. The highest BCUT2D eigenvalue weighted by atomic mass is 35.5. The third-order valence-electron chi connectivity index (χ3n) is 11.1. The van der Waals surface area contributed by atoms with Crippen LogP contribution in [0.4, 0.5) is 5.69 Å². The summed E-state index contributed by atoms with van der Waals surface area (Å²) in [7, 11) is 3.56. The first-order chi connectivity index (χ1) is 30.6. The lowest BCUT2D eigenvalue weighted by Gasteiger charge is -2.38. The van der Waals surface area contributed by atoms with Crippen LogP contribution in [0.15, 0.2) is 115 Å². The molecule has 2 atom stereocenters. The first kappa shape index (κ1) is 47.5. The topological polar surface area (TPSA) is 107 Å². The van der Waals surface area contributed by atoms with Crippen molar-refractivity contribution >= 4 is 47.6 Å². The van der Waals surface area contributed by atoms with Gasteiger partial charge in [0.2, 0.25) is 0 Å². The second kappa shape index (κ2) is 23.1. The molecule has 0 fully saturated rings. The van der Waals surface area contributed by atoms with E-state index in [0.29, 0.717) is 24.8 Å². The number of hydrogen-bond acceptors (Lipinski definition) is 10. The standard InChI is InChI=1S/C51H60ClN4O6P/c1-36(2)56(37(3)4)63(61-31-13-29-53)62-35-38(14-11-12-30-54-50-46-27-21-42(52)32-49(46)55-48-28-26-45(59-7)33-47(48)50)34-60-51(39-15-9-8-10-16-39,40-17-22-43(57-5)23-18-40)41-19-24-44(58-6)25-20-41/h8-10,15-28,32-33,36-38H,11-14,30-31,34-35H2,1-7H3,(H,54,55). The van der Waals surface area contributed by atoms with E-state index < -0.39 is 14.1 Å². The number of nitrogens with one attached hydrogen (secondary N) is 1. The zero-order valence-corrected chi connectivity index (χ0v) is 39.1. The molecule has 10 nitrogen and oxygen atoms in total. The van der Waals surface area contributed by atoms with Crippen LogP contribution in [0.3, 0.4) is 0 Å². The highest BCUT2D eigenvalue weighted by molar-refractivity contribution is 7.44. The highest BCUT2D eigenvalue weighted by Gasteiger charge is 2.39. The maximum atomic E-state index is 9.37. The molecule has 0 amide bonds. The van der Waals surface area contributed by atoms with E-state index >= 15 is 0 Å². The summed E-state index contributed by atoms with van der Waals surface area (Å²) in [5, 5.41) is 15.8. The maximum absolute atomic E-state index is 9.37. The van der Waals surface area contributed by atoms with Crippen molar-refractivity contribution in [1.82, 2.24) is 9.65 Å². The Bertz CT molecular complexity index is 2340. The normalized spacial score (nSPS) is 12.8. The van der Waals surface area contributed by atoms with E-state index in [1.54, 1.807) is 21.3 Å². The SMILES string of the molecule is COc1ccc(C(OCC(CCCCNc2c3ccc(Cl)cc3nc3ccc(OC)cc23)COP(OCCC#N)N(C(C)C)C(C)C)(c2ccccc2)c2ccc(OC)cc2)cc1. The van der Waals surface area contributed by atoms with Gasteiger partial charge in [-0.1, -0.05) is 72.6 Å². The molecule has 63 heavy (non-hydrogen) atoms. The average Bonchev–Trinajstić information content (AvgIpc) is 3.30. The molecule has 1 heterocycles. The summed E-state index contributed by atoms with van der Waals surface area (Å²) in [4.78, 5) is 4.91. The summed E-state index contributed by atoms with van der Waals surface area (Å²) >= 11 is 6.42. The van der Waals surface area contributed by atoms with Crippen LogP contribution in [0.2, 0.25) is 5.02 Å². The fourth-order valence-electron chi connectivity index (χ4n) is 8.00. The van der Waals surface area contributed by atoms with Crippen molar-refractivity contribution in [3.63, 3.8) is 0 Å². The van der Waals surface area contributed by atoms with Crippen LogP contribution in [-0.4, -0.2) is 69.4 Å². The van der Waals surface area contributed by atoms with Gasteiger partial charge < -0.3 is 33.3 Å². The Labute approximate surface area is 379 Å². The number of pyridine rings is 1. The molecule has 0 aliphatic rings. The Morgan fingerprint density at radius 1 is 0.698 bits per heavy atom. The molecule has 5 aromatic carbocycles. The third kappa shape index (κ3) is 11.8. The number of fused-ring (bicyclic) bond motifs is 2. The molecule has 1 aromatic heterocycles. The Kier molecular flexibility index (Phi) is 17.4. The van der Waals surface area contributed by atoms with Gasteiger partial charge in [-0.3, -0.25) is 0 Å². The van der Waals surface area contributed by atoms with Crippen molar-refractivity contribution in [2.24, 2.45) is 5.92 Å². The van der Waals surface area contributed by atoms with E-state index in [4.69, 9.17) is 44.6 Å². The van der Waals surface area contributed by atoms with Gasteiger partial charge in [0, 0.05) is 40.3 Å². The first-order valence-corrected chi connectivity index (χ1v) is 23.1. The van der Waals surface area contributed by atoms with Crippen molar-refractivity contribution in [1.29, 1.82) is 5.26 Å². The quantitative estimate of drug-likeness (QED) is 0.0273. The van der Waals surface area contributed by atoms with Gasteiger partial charge >= 0.3 is 0 Å². The number of ether oxygens (including phenoxy) is 4. The van der Waals surface area contributed by atoms with Crippen molar-refractivity contribution in [3.05, 3.63) is 137 Å². The lowest BCUT2D eigenvalue weighted by molar-refractivity contribution is -0.0195. The van der Waals surface area contributed by atoms with Crippen LogP contribution < -0.4 is 19.5 Å². The van der Waals surface area contributed by atoms with Gasteiger partial charge in [-0.05, 0) is 118 Å². The lowest BCUT2D eigenvalue weighted by atomic mass is 9.79.